The highest BCUT2D eigenvalue weighted by Gasteiger charge is 2.20. The maximum atomic E-state index is 11.3. The van der Waals surface area contributed by atoms with E-state index in [2.05, 4.69) is 9.97 Å². The molecule has 0 aliphatic carbocycles. The Morgan fingerprint density at radius 2 is 2.00 bits per heavy atom. The van der Waals surface area contributed by atoms with Crippen molar-refractivity contribution in [1.82, 2.24) is 14.5 Å². The van der Waals surface area contributed by atoms with Crippen LogP contribution in [-0.2, 0) is 11.3 Å². The zero-order valence-corrected chi connectivity index (χ0v) is 12.1. The van der Waals surface area contributed by atoms with Gasteiger partial charge >= 0.3 is 5.97 Å². The fourth-order valence-corrected chi connectivity index (χ4v) is 2.65. The van der Waals surface area contributed by atoms with Crippen LogP contribution in [0.1, 0.15) is 0 Å². The second-order valence-corrected chi connectivity index (χ2v) is 5.11. The standard InChI is InChI=1S/C16H13N3O4/c20-15(21)9-19-12-8-14-13(22-5-6-23-14)7-11(12)18-16(19)10-3-1-2-4-17-10/h1-4,7-8H,5-6,9H2,(H,20,21). The molecule has 0 atom stereocenters. The largest absolute Gasteiger partial charge is 0.486 e. The Balaban J connectivity index is 1.96. The predicted molar refractivity (Wildman–Crippen MR) is 81.6 cm³/mol. The number of pyridine rings is 1. The zero-order valence-electron chi connectivity index (χ0n) is 12.1. The number of carboxylic acid groups (broad SMARTS) is 1. The van der Waals surface area contributed by atoms with Gasteiger partial charge in [0.2, 0.25) is 0 Å². The number of hydrogen-bond acceptors (Lipinski definition) is 5. The summed E-state index contributed by atoms with van der Waals surface area (Å²) in [6, 6.07) is 8.98. The molecule has 7 nitrogen and oxygen atoms in total. The van der Waals surface area contributed by atoms with Crippen LogP contribution in [0.5, 0.6) is 11.5 Å². The van der Waals surface area contributed by atoms with Gasteiger partial charge in [0.05, 0.1) is 11.0 Å². The molecule has 1 N–H and O–H groups in total. The van der Waals surface area contributed by atoms with Crippen molar-refractivity contribution in [3.05, 3.63) is 36.5 Å². The monoisotopic (exact) mass is 311 g/mol. The van der Waals surface area contributed by atoms with Crippen LogP contribution in [0.2, 0.25) is 0 Å². The Bertz CT molecular complexity index is 889. The molecular weight excluding hydrogens is 298 g/mol. The first-order valence-corrected chi connectivity index (χ1v) is 7.15. The minimum atomic E-state index is -0.948. The van der Waals surface area contributed by atoms with Crippen LogP contribution in [0.25, 0.3) is 22.6 Å². The number of ether oxygens (including phenoxy) is 2. The molecule has 0 radical (unpaired) electrons. The number of nitrogens with zero attached hydrogens (tertiary/aromatic N) is 3. The van der Waals surface area contributed by atoms with E-state index in [-0.39, 0.29) is 6.54 Å². The Morgan fingerprint density at radius 1 is 1.22 bits per heavy atom. The third-order valence-electron chi connectivity index (χ3n) is 3.60. The Kier molecular flexibility index (Phi) is 3.11. The number of benzene rings is 1. The lowest BCUT2D eigenvalue weighted by Crippen LogP contribution is -2.15. The maximum absolute atomic E-state index is 11.3. The van der Waals surface area contributed by atoms with Crippen LogP contribution in [0.4, 0.5) is 0 Å². The van der Waals surface area contributed by atoms with Crippen LogP contribution in [0, 0.1) is 0 Å². The van der Waals surface area contributed by atoms with Gasteiger partial charge in [0.1, 0.15) is 25.5 Å². The van der Waals surface area contributed by atoms with Crippen LogP contribution < -0.4 is 9.47 Å². The summed E-state index contributed by atoms with van der Waals surface area (Å²) >= 11 is 0. The summed E-state index contributed by atoms with van der Waals surface area (Å²) in [6.07, 6.45) is 1.65. The first kappa shape index (κ1) is 13.6. The number of imidazole rings is 1. The number of aromatic nitrogens is 3. The molecule has 0 fully saturated rings. The minimum Gasteiger partial charge on any atom is -0.486 e. The number of hydrogen-bond donors (Lipinski definition) is 1. The molecule has 4 rings (SSSR count). The smallest absolute Gasteiger partial charge is 0.323 e. The molecular formula is C16H13N3O4. The molecule has 23 heavy (non-hydrogen) atoms. The van der Waals surface area contributed by atoms with Crippen molar-refractivity contribution in [3.8, 4) is 23.0 Å². The number of fused-ring (bicyclic) bond motifs is 2. The van der Waals surface area contributed by atoms with Gasteiger partial charge in [-0.25, -0.2) is 4.98 Å². The van der Waals surface area contributed by atoms with Gasteiger partial charge in [-0.15, -0.1) is 0 Å². The van der Waals surface area contributed by atoms with E-state index >= 15 is 0 Å². The van der Waals surface area contributed by atoms with Crippen LogP contribution in [-0.4, -0.2) is 38.8 Å². The summed E-state index contributed by atoms with van der Waals surface area (Å²) in [5.41, 5.74) is 1.94. The van der Waals surface area contributed by atoms with Crippen molar-refractivity contribution < 1.29 is 19.4 Å². The van der Waals surface area contributed by atoms with Crippen molar-refractivity contribution in [3.63, 3.8) is 0 Å². The molecule has 0 spiro atoms. The van der Waals surface area contributed by atoms with Crippen molar-refractivity contribution in [2.45, 2.75) is 6.54 Å². The summed E-state index contributed by atoms with van der Waals surface area (Å²) in [5, 5.41) is 9.23. The molecule has 2 aromatic heterocycles. The second kappa shape index (κ2) is 5.28. The van der Waals surface area contributed by atoms with Gasteiger partial charge < -0.3 is 19.1 Å². The van der Waals surface area contributed by atoms with Gasteiger partial charge in [-0.1, -0.05) is 6.07 Å². The topological polar surface area (TPSA) is 86.5 Å². The fourth-order valence-electron chi connectivity index (χ4n) is 2.65. The number of carboxylic acids is 1. The minimum absolute atomic E-state index is 0.206. The number of carbonyl (C=O) groups is 1. The lowest BCUT2D eigenvalue weighted by atomic mass is 10.2. The quantitative estimate of drug-likeness (QED) is 0.795. The molecule has 7 heteroatoms. The van der Waals surface area contributed by atoms with Gasteiger partial charge in [-0.2, -0.15) is 0 Å². The normalized spacial score (nSPS) is 13.2. The Morgan fingerprint density at radius 3 is 2.70 bits per heavy atom. The second-order valence-electron chi connectivity index (χ2n) is 5.11. The van der Waals surface area contributed by atoms with E-state index in [1.165, 1.54) is 0 Å². The first-order valence-electron chi connectivity index (χ1n) is 7.15. The molecule has 3 aromatic rings. The fraction of sp³-hybridized carbons (Fsp3) is 0.188. The summed E-state index contributed by atoms with van der Waals surface area (Å²) in [7, 11) is 0. The first-order chi connectivity index (χ1) is 11.2. The lowest BCUT2D eigenvalue weighted by molar-refractivity contribution is -0.137. The Hall–Kier alpha value is -3.09. The third kappa shape index (κ3) is 2.36. The molecule has 0 amide bonds. The van der Waals surface area contributed by atoms with Gasteiger partial charge in [0, 0.05) is 18.3 Å². The van der Waals surface area contributed by atoms with E-state index in [9.17, 15) is 9.90 Å². The summed E-state index contributed by atoms with van der Waals surface area (Å²) in [5.74, 6) is 0.779. The van der Waals surface area contributed by atoms with Crippen LogP contribution >= 0.6 is 0 Å². The van der Waals surface area contributed by atoms with Crippen molar-refractivity contribution in [1.29, 1.82) is 0 Å². The molecule has 0 unspecified atom stereocenters. The number of aliphatic carboxylic acids is 1. The highest BCUT2D eigenvalue weighted by molar-refractivity contribution is 5.85. The molecule has 0 bridgehead atoms. The van der Waals surface area contributed by atoms with Crippen molar-refractivity contribution in [2.75, 3.05) is 13.2 Å². The van der Waals surface area contributed by atoms with E-state index in [4.69, 9.17) is 9.47 Å². The molecule has 1 aliphatic heterocycles. The molecule has 0 saturated carbocycles. The van der Waals surface area contributed by atoms with Gasteiger partial charge in [-0.3, -0.25) is 9.78 Å². The van der Waals surface area contributed by atoms with Crippen molar-refractivity contribution in [2.24, 2.45) is 0 Å². The van der Waals surface area contributed by atoms with E-state index in [0.29, 0.717) is 47.3 Å². The maximum Gasteiger partial charge on any atom is 0.323 e. The average molecular weight is 311 g/mol. The lowest BCUT2D eigenvalue weighted by Gasteiger charge is -2.18. The highest BCUT2D eigenvalue weighted by atomic mass is 16.6. The van der Waals surface area contributed by atoms with Gasteiger partial charge in [-0.05, 0) is 12.1 Å². The van der Waals surface area contributed by atoms with Gasteiger partial charge in [0.25, 0.3) is 0 Å². The molecule has 0 saturated heterocycles. The van der Waals surface area contributed by atoms with E-state index in [1.807, 2.05) is 6.07 Å². The van der Waals surface area contributed by atoms with E-state index in [1.54, 1.807) is 35.0 Å². The summed E-state index contributed by atoms with van der Waals surface area (Å²) in [6.45, 7) is 0.752. The van der Waals surface area contributed by atoms with Gasteiger partial charge in [0.15, 0.2) is 17.3 Å². The SMILES string of the molecule is O=C(O)Cn1c(-c2ccccn2)nc2cc3c(cc21)OCCO3. The zero-order chi connectivity index (χ0) is 15.8. The molecule has 116 valence electrons. The third-order valence-corrected chi connectivity index (χ3v) is 3.60. The van der Waals surface area contributed by atoms with E-state index < -0.39 is 5.97 Å². The molecule has 1 aliphatic rings. The summed E-state index contributed by atoms with van der Waals surface area (Å²) < 4.78 is 12.8. The van der Waals surface area contributed by atoms with Crippen molar-refractivity contribution >= 4 is 17.0 Å². The molecule has 3 heterocycles. The molecule has 1 aromatic carbocycles. The summed E-state index contributed by atoms with van der Waals surface area (Å²) in [4.78, 5) is 20.1. The Labute approximate surface area is 131 Å². The van der Waals surface area contributed by atoms with E-state index in [0.717, 1.165) is 0 Å². The number of rotatable bonds is 3. The van der Waals surface area contributed by atoms with Crippen LogP contribution in [0.3, 0.4) is 0 Å². The predicted octanol–water partition coefficient (Wildman–Crippen LogP) is 1.95. The van der Waals surface area contributed by atoms with Crippen LogP contribution in [0.15, 0.2) is 36.5 Å². The average Bonchev–Trinajstić information content (AvgIpc) is 2.91. The highest BCUT2D eigenvalue weighted by Crippen LogP contribution is 2.36.